The number of carbonyl (C=O) groups excluding carboxylic acids is 3. The van der Waals surface area contributed by atoms with E-state index >= 15 is 0 Å². The molecule has 3 aromatic carbocycles. The van der Waals surface area contributed by atoms with Crippen LogP contribution in [-0.4, -0.2) is 47.7 Å². The Balaban J connectivity index is 1.50. The van der Waals surface area contributed by atoms with E-state index in [0.29, 0.717) is 25.9 Å². The fraction of sp³-hybridized carbons (Fsp3) is 0.390. The van der Waals surface area contributed by atoms with Crippen molar-refractivity contribution < 1.29 is 29.0 Å². The number of esters is 1. The number of rotatable bonds is 22. The number of amides is 2. The molecular formula is C41H52N2O6. The summed E-state index contributed by atoms with van der Waals surface area (Å²) in [6, 6.07) is 26.7. The lowest BCUT2D eigenvalue weighted by Crippen LogP contribution is -2.50. The van der Waals surface area contributed by atoms with Crippen molar-refractivity contribution in [1.82, 2.24) is 10.6 Å². The van der Waals surface area contributed by atoms with Crippen LogP contribution in [0.1, 0.15) is 62.6 Å². The van der Waals surface area contributed by atoms with Crippen molar-refractivity contribution in [2.75, 3.05) is 13.2 Å². The van der Waals surface area contributed by atoms with Crippen molar-refractivity contribution in [2.45, 2.75) is 77.0 Å². The summed E-state index contributed by atoms with van der Waals surface area (Å²) in [5.41, 5.74) is 2.19. The Morgan fingerprint density at radius 2 is 1.47 bits per heavy atom. The summed E-state index contributed by atoms with van der Waals surface area (Å²) in [6.07, 6.45) is 6.95. The quantitative estimate of drug-likeness (QED) is 0.0639. The number of ether oxygens (including phenoxy) is 2. The maximum Gasteiger partial charge on any atom is 0.309 e. The molecule has 0 spiro atoms. The van der Waals surface area contributed by atoms with Crippen LogP contribution >= 0.6 is 0 Å². The average Bonchev–Trinajstić information content (AvgIpc) is 3.10. The minimum absolute atomic E-state index is 0.0139. The van der Waals surface area contributed by atoms with Gasteiger partial charge in [0.15, 0.2) is 0 Å². The van der Waals surface area contributed by atoms with Gasteiger partial charge in [-0.3, -0.25) is 14.4 Å². The van der Waals surface area contributed by atoms with Crippen LogP contribution in [0.2, 0.25) is 0 Å². The summed E-state index contributed by atoms with van der Waals surface area (Å²) in [4.78, 5) is 39.6. The van der Waals surface area contributed by atoms with Crippen LogP contribution in [0.4, 0.5) is 0 Å². The standard InChI is InChI=1S/C41H52N2O6/c1-5-7-10-20-35(25-31-16-11-8-12-17-31)40(47)49-30-41(3,4)43-39(46)34(15-6-2)27-38(45)42-36(28-44)26-32-21-23-37(24-22-32)48-29-33-18-13-9-14-19-33/h5-6,8-9,11-14,16-19,21-24,34-36,44H,1-2,7,10,15,20,25-30H2,3-4H3,(H,42,45)(H,43,46)/t34-,35-,36+/m1/s1. The Morgan fingerprint density at radius 1 is 0.837 bits per heavy atom. The van der Waals surface area contributed by atoms with Gasteiger partial charge < -0.3 is 25.2 Å². The molecule has 0 aromatic heterocycles. The van der Waals surface area contributed by atoms with Crippen LogP contribution in [0.3, 0.4) is 0 Å². The van der Waals surface area contributed by atoms with Crippen LogP contribution in [0.15, 0.2) is 110 Å². The molecule has 3 atom stereocenters. The predicted octanol–water partition coefficient (Wildman–Crippen LogP) is 6.52. The number of benzene rings is 3. The lowest BCUT2D eigenvalue weighted by Gasteiger charge is -2.29. The maximum atomic E-state index is 13.4. The molecule has 0 aliphatic heterocycles. The summed E-state index contributed by atoms with van der Waals surface area (Å²) < 4.78 is 11.6. The second-order valence-corrected chi connectivity index (χ2v) is 13.1. The van der Waals surface area contributed by atoms with Crippen molar-refractivity contribution >= 4 is 17.8 Å². The van der Waals surface area contributed by atoms with E-state index in [4.69, 9.17) is 9.47 Å². The first kappa shape index (κ1) is 38.8. The summed E-state index contributed by atoms with van der Waals surface area (Å²) in [5, 5.41) is 15.8. The summed E-state index contributed by atoms with van der Waals surface area (Å²) >= 11 is 0. The Morgan fingerprint density at radius 3 is 2.08 bits per heavy atom. The zero-order valence-corrected chi connectivity index (χ0v) is 28.9. The normalized spacial score (nSPS) is 13.0. The van der Waals surface area contributed by atoms with Crippen molar-refractivity contribution in [2.24, 2.45) is 11.8 Å². The van der Waals surface area contributed by atoms with Crippen LogP contribution in [0.25, 0.3) is 0 Å². The van der Waals surface area contributed by atoms with Crippen LogP contribution in [0.5, 0.6) is 5.75 Å². The van der Waals surface area contributed by atoms with E-state index in [-0.39, 0.29) is 49.8 Å². The topological polar surface area (TPSA) is 114 Å². The molecule has 49 heavy (non-hydrogen) atoms. The second kappa shape index (κ2) is 20.6. The number of aliphatic hydroxyl groups is 1. The molecule has 3 rings (SSSR count). The van der Waals surface area contributed by atoms with Gasteiger partial charge in [0.1, 0.15) is 19.0 Å². The van der Waals surface area contributed by atoms with Gasteiger partial charge in [-0.05, 0) is 81.2 Å². The van der Waals surface area contributed by atoms with Gasteiger partial charge in [-0.1, -0.05) is 84.9 Å². The number of aliphatic hydroxyl groups excluding tert-OH is 1. The van der Waals surface area contributed by atoms with Crippen molar-refractivity contribution in [1.29, 1.82) is 0 Å². The molecule has 0 heterocycles. The van der Waals surface area contributed by atoms with Crippen LogP contribution < -0.4 is 15.4 Å². The van der Waals surface area contributed by atoms with Crippen LogP contribution in [0, 0.1) is 11.8 Å². The molecular weight excluding hydrogens is 616 g/mol. The maximum absolute atomic E-state index is 13.4. The molecule has 0 aliphatic carbocycles. The molecule has 0 bridgehead atoms. The minimum Gasteiger partial charge on any atom is -0.489 e. The average molecular weight is 669 g/mol. The lowest BCUT2D eigenvalue weighted by atomic mass is 9.94. The molecule has 0 unspecified atom stereocenters. The monoisotopic (exact) mass is 668 g/mol. The zero-order valence-electron chi connectivity index (χ0n) is 28.9. The highest BCUT2D eigenvalue weighted by Crippen LogP contribution is 2.20. The minimum atomic E-state index is -0.869. The second-order valence-electron chi connectivity index (χ2n) is 13.1. The van der Waals surface area contributed by atoms with Gasteiger partial charge in [-0.2, -0.15) is 0 Å². The molecule has 0 radical (unpaired) electrons. The van der Waals surface area contributed by atoms with Gasteiger partial charge >= 0.3 is 5.97 Å². The molecule has 0 aliphatic rings. The van der Waals surface area contributed by atoms with Crippen LogP contribution in [-0.2, 0) is 38.6 Å². The van der Waals surface area contributed by atoms with Gasteiger partial charge in [0.2, 0.25) is 11.8 Å². The molecule has 2 amide bonds. The molecule has 0 fully saturated rings. The van der Waals surface area contributed by atoms with E-state index < -0.39 is 17.5 Å². The van der Waals surface area contributed by atoms with E-state index in [1.54, 1.807) is 19.9 Å². The van der Waals surface area contributed by atoms with Gasteiger partial charge in [-0.15, -0.1) is 13.2 Å². The summed E-state index contributed by atoms with van der Waals surface area (Å²) in [7, 11) is 0. The van der Waals surface area contributed by atoms with Gasteiger partial charge in [0, 0.05) is 6.42 Å². The number of allylic oxidation sites excluding steroid dienone is 2. The van der Waals surface area contributed by atoms with Crippen molar-refractivity contribution in [3.63, 3.8) is 0 Å². The Hall–Kier alpha value is -4.69. The Labute approximate surface area is 291 Å². The van der Waals surface area contributed by atoms with E-state index in [2.05, 4.69) is 23.8 Å². The predicted molar refractivity (Wildman–Crippen MR) is 194 cm³/mol. The molecule has 262 valence electrons. The van der Waals surface area contributed by atoms with Crippen molar-refractivity contribution in [3.8, 4) is 5.75 Å². The molecule has 0 saturated heterocycles. The SMILES string of the molecule is C=CCCC[C@H](Cc1ccccc1)C(=O)OCC(C)(C)NC(=O)[C@H](CC=C)CC(=O)N[C@H](CO)Cc1ccc(OCc2ccccc2)cc1. The highest BCUT2D eigenvalue weighted by atomic mass is 16.5. The van der Waals surface area contributed by atoms with E-state index in [0.717, 1.165) is 35.3 Å². The first-order chi connectivity index (χ1) is 23.6. The van der Waals surface area contributed by atoms with Gasteiger partial charge in [0.25, 0.3) is 0 Å². The molecule has 0 saturated carbocycles. The first-order valence-electron chi connectivity index (χ1n) is 17.0. The number of nitrogens with one attached hydrogen (secondary N) is 2. The van der Waals surface area contributed by atoms with E-state index in [1.165, 1.54) is 0 Å². The molecule has 8 heteroatoms. The van der Waals surface area contributed by atoms with E-state index in [9.17, 15) is 19.5 Å². The Bertz CT molecular complexity index is 1460. The lowest BCUT2D eigenvalue weighted by molar-refractivity contribution is -0.151. The molecule has 3 N–H and O–H groups in total. The molecule has 3 aromatic rings. The zero-order chi connectivity index (χ0) is 35.5. The summed E-state index contributed by atoms with van der Waals surface area (Å²) in [6.45, 7) is 11.3. The molecule has 8 nitrogen and oxygen atoms in total. The fourth-order valence-electron chi connectivity index (χ4n) is 5.45. The fourth-order valence-corrected chi connectivity index (χ4v) is 5.45. The third-order valence-electron chi connectivity index (χ3n) is 8.15. The summed E-state index contributed by atoms with van der Waals surface area (Å²) in [5.74, 6) is -1.26. The number of unbranched alkanes of at least 4 members (excludes halogenated alkanes) is 1. The van der Waals surface area contributed by atoms with Gasteiger partial charge in [-0.25, -0.2) is 0 Å². The number of carbonyl (C=O) groups is 3. The highest BCUT2D eigenvalue weighted by Gasteiger charge is 2.30. The van der Waals surface area contributed by atoms with Crippen molar-refractivity contribution in [3.05, 3.63) is 127 Å². The number of hydrogen-bond donors (Lipinski definition) is 3. The Kier molecular flexibility index (Phi) is 16.3. The third-order valence-corrected chi connectivity index (χ3v) is 8.15. The van der Waals surface area contributed by atoms with E-state index in [1.807, 2.05) is 91.0 Å². The largest absolute Gasteiger partial charge is 0.489 e. The third kappa shape index (κ3) is 14.5. The highest BCUT2D eigenvalue weighted by molar-refractivity contribution is 5.86. The number of hydrogen-bond acceptors (Lipinski definition) is 6. The smallest absolute Gasteiger partial charge is 0.309 e. The first-order valence-corrected chi connectivity index (χ1v) is 17.0. The van der Waals surface area contributed by atoms with Gasteiger partial charge in [0.05, 0.1) is 30.0 Å².